The average molecular weight is 720 g/mol. The first-order valence-corrected chi connectivity index (χ1v) is 16.5. The molecule has 0 radical (unpaired) electrons. The van der Waals surface area contributed by atoms with E-state index in [4.69, 9.17) is 26.0 Å². The molecule has 0 aromatic rings. The fraction of sp³-hybridized carbons (Fsp3) is 0.559. The molecule has 2 aliphatic rings. The number of nitrogens with one attached hydrogen (secondary N) is 4. The zero-order chi connectivity index (χ0) is 39.1. The zero-order valence-electron chi connectivity index (χ0n) is 31.5. The number of ether oxygens (including phenoxy) is 4. The van der Waals surface area contributed by atoms with E-state index in [0.29, 0.717) is 18.7 Å². The number of allylic oxidation sites excluding steroid dienone is 4. The van der Waals surface area contributed by atoms with E-state index in [-0.39, 0.29) is 41.3 Å². The monoisotopic (exact) mass is 719 g/mol. The lowest BCUT2D eigenvalue weighted by atomic mass is 9.85. The molecule has 15 nitrogen and oxygen atoms in total. The Hall–Kier alpha value is -4.32. The van der Waals surface area contributed by atoms with Crippen molar-refractivity contribution in [1.82, 2.24) is 26.3 Å². The summed E-state index contributed by atoms with van der Waals surface area (Å²) in [5, 5.41) is 8.02. The highest BCUT2D eigenvalue weighted by atomic mass is 19.2. The van der Waals surface area contributed by atoms with Crippen LogP contribution < -0.4 is 27.1 Å². The number of methoxy groups -OCH3 is 2. The number of alkyl carbamates (subject to hydrolysis) is 1. The quantitative estimate of drug-likeness (QED) is 0.0893. The standard InChI is InChI=1S/C34H52BFN6O9/c1-19-14-23-28(38-12-13-42(5)6)25(43)17-24(29(23)44)40-32(45)20(2)10-9-11-26(48-7)30(50-33(37)46)21(3)16-22(4)31(27(15-19)49-8)51-34(47)39-18-35-41-36/h9-11,16-17,19,22,26-27,30-31,35,38,41H,12-15,18H2,1-8H3,(H2,37,46)(H,39,47)(H,40,45)/b11-9-,20-10+,21-16+/t19-,22+,26+,27+,30+,31-/m0/s1/i35D. The molecule has 0 aromatic carbocycles. The fourth-order valence-electron chi connectivity index (χ4n) is 5.69. The summed E-state index contributed by atoms with van der Waals surface area (Å²) in [6.07, 6.45) is 1.47. The molecule has 282 valence electrons. The van der Waals surface area contributed by atoms with Crippen LogP contribution in [0.5, 0.6) is 0 Å². The van der Waals surface area contributed by atoms with Gasteiger partial charge in [-0.2, -0.15) is 4.48 Å². The predicted octanol–water partition coefficient (Wildman–Crippen LogP) is 1.43. The number of rotatable bonds is 11. The minimum absolute atomic E-state index is 0.0917. The van der Waals surface area contributed by atoms with Crippen molar-refractivity contribution >= 4 is 37.0 Å². The summed E-state index contributed by atoms with van der Waals surface area (Å²) in [6, 6.07) is 0. The van der Waals surface area contributed by atoms with Gasteiger partial charge >= 0.3 is 12.2 Å². The third-order valence-corrected chi connectivity index (χ3v) is 8.29. The first-order chi connectivity index (χ1) is 24.5. The SMILES string of the molecule is [2H]B(CNC(=O)O[C@H]1[C@H](C)/C=C(\C)[C@@H](OC(N)=O)[C@H](OC)/C=C\C=C(/C)C(=O)NC2=CC(=O)C(NCCN(C)C)=C(C[C@H](C)C[C@H]1OC)C2=O)NF. The van der Waals surface area contributed by atoms with Crippen LogP contribution in [0.25, 0.3) is 0 Å². The summed E-state index contributed by atoms with van der Waals surface area (Å²) in [5.74, 6) is -2.59. The van der Waals surface area contributed by atoms with Crippen molar-refractivity contribution in [2.24, 2.45) is 17.6 Å². The molecule has 0 aromatic heterocycles. The van der Waals surface area contributed by atoms with E-state index in [9.17, 15) is 28.5 Å². The van der Waals surface area contributed by atoms with Crippen molar-refractivity contribution in [3.8, 4) is 0 Å². The van der Waals surface area contributed by atoms with E-state index in [1.165, 1.54) is 38.7 Å². The molecular weight excluding hydrogens is 666 g/mol. The molecular formula is C34H52BFN6O9. The topological polar surface area (TPSA) is 200 Å². The Morgan fingerprint density at radius 3 is 2.47 bits per heavy atom. The van der Waals surface area contributed by atoms with Crippen LogP contribution in [-0.4, -0.2) is 116 Å². The number of nitrogens with zero attached hydrogens (tertiary/aromatic N) is 1. The maximum absolute atomic E-state index is 13.9. The van der Waals surface area contributed by atoms with Crippen LogP contribution >= 0.6 is 0 Å². The summed E-state index contributed by atoms with van der Waals surface area (Å²) in [6.45, 7) is 7.73. The lowest BCUT2D eigenvalue weighted by Crippen LogP contribution is -2.43. The molecule has 0 spiro atoms. The van der Waals surface area contributed by atoms with E-state index >= 15 is 0 Å². The molecule has 17 heteroatoms. The van der Waals surface area contributed by atoms with Gasteiger partial charge in [-0.25, -0.2) is 15.0 Å². The number of carbonyl (C=O) groups excluding carboxylic acids is 5. The highest BCUT2D eigenvalue weighted by Gasteiger charge is 2.35. The molecule has 0 fully saturated rings. The number of fused-ring (bicyclic) bond motifs is 2. The normalized spacial score (nSPS) is 28.3. The largest absolute Gasteiger partial charge is 0.443 e. The molecule has 6 N–H and O–H groups in total. The molecule has 1 heterocycles. The van der Waals surface area contributed by atoms with Gasteiger partial charge in [-0.1, -0.05) is 38.2 Å². The number of hydrogen-bond donors (Lipinski definition) is 5. The summed E-state index contributed by atoms with van der Waals surface area (Å²) >= 11 is 0. The van der Waals surface area contributed by atoms with Crippen molar-refractivity contribution in [2.45, 2.75) is 65.0 Å². The molecule has 3 amide bonds. The van der Waals surface area contributed by atoms with Gasteiger partial charge in [-0.05, 0) is 52.3 Å². The number of primary amides is 1. The van der Waals surface area contributed by atoms with Gasteiger partial charge in [-0.15, -0.1) is 0 Å². The smallest absolute Gasteiger partial charge is 0.406 e. The maximum Gasteiger partial charge on any atom is 0.406 e. The highest BCUT2D eigenvalue weighted by Crippen LogP contribution is 2.30. The van der Waals surface area contributed by atoms with Gasteiger partial charge < -0.3 is 45.5 Å². The van der Waals surface area contributed by atoms with Crippen LogP contribution in [0.15, 0.2) is 58.5 Å². The Morgan fingerprint density at radius 1 is 1.16 bits per heavy atom. The third kappa shape index (κ3) is 13.4. The first-order valence-electron chi connectivity index (χ1n) is 17.1. The summed E-state index contributed by atoms with van der Waals surface area (Å²) in [7, 11) is 5.13. The number of Topliss-reactive ketones (excluding diaryl/α,β-unsaturated/α-hetero) is 1. The van der Waals surface area contributed by atoms with Crippen molar-refractivity contribution < 1.29 is 47.4 Å². The molecule has 2 bridgehead atoms. The number of nitrogens with two attached hydrogens (primary N) is 1. The highest BCUT2D eigenvalue weighted by molar-refractivity contribution is 6.32. The van der Waals surface area contributed by atoms with Gasteiger partial charge in [0.1, 0.15) is 12.2 Å². The van der Waals surface area contributed by atoms with Gasteiger partial charge in [0.05, 0.1) is 17.5 Å². The summed E-state index contributed by atoms with van der Waals surface area (Å²) in [5.41, 5.74) is 7.44. The fourth-order valence-corrected chi connectivity index (χ4v) is 5.69. The molecule has 1 aliphatic carbocycles. The number of hydrogen-bond acceptors (Lipinski definition) is 12. The van der Waals surface area contributed by atoms with Gasteiger partial charge in [-0.3, -0.25) is 14.4 Å². The molecule has 2 rings (SSSR count). The van der Waals surface area contributed by atoms with Crippen LogP contribution in [0.4, 0.5) is 14.1 Å². The number of carbonyl (C=O) groups is 5. The maximum atomic E-state index is 13.9. The van der Waals surface area contributed by atoms with Gasteiger partial charge in [0.2, 0.25) is 11.6 Å². The number of ketones is 2. The number of amides is 3. The summed E-state index contributed by atoms with van der Waals surface area (Å²) < 4.78 is 43.0. The third-order valence-electron chi connectivity index (χ3n) is 8.29. The Balaban J connectivity index is 2.72. The van der Waals surface area contributed by atoms with E-state index < -0.39 is 73.8 Å². The molecule has 6 atom stereocenters. The summed E-state index contributed by atoms with van der Waals surface area (Å²) in [4.78, 5) is 67.3. The van der Waals surface area contributed by atoms with Crippen LogP contribution in [0, 0.1) is 11.8 Å². The molecule has 51 heavy (non-hydrogen) atoms. The zero-order valence-corrected chi connectivity index (χ0v) is 30.5. The van der Waals surface area contributed by atoms with E-state index in [2.05, 4.69) is 16.0 Å². The van der Waals surface area contributed by atoms with Crippen LogP contribution in [0.1, 0.15) is 40.5 Å². The molecule has 0 unspecified atom stereocenters. The number of likely N-dealkylation sites (N-methyl/N-ethyl adjacent to an activating group) is 1. The van der Waals surface area contributed by atoms with Crippen molar-refractivity contribution in [2.75, 3.05) is 47.8 Å². The lowest BCUT2D eigenvalue weighted by Gasteiger charge is -2.32. The van der Waals surface area contributed by atoms with E-state index in [1.54, 1.807) is 26.0 Å². The second-order valence-electron chi connectivity index (χ2n) is 12.7. The second-order valence-corrected chi connectivity index (χ2v) is 12.7. The minimum Gasteiger partial charge on any atom is -0.443 e. The Morgan fingerprint density at radius 2 is 1.86 bits per heavy atom. The van der Waals surface area contributed by atoms with Crippen molar-refractivity contribution in [3.05, 3.63) is 58.5 Å². The molecule has 0 saturated carbocycles. The van der Waals surface area contributed by atoms with Crippen LogP contribution in [0.2, 0.25) is 0 Å². The van der Waals surface area contributed by atoms with E-state index in [1.807, 2.05) is 25.9 Å². The Kier molecular flexibility index (Phi) is 17.0. The Labute approximate surface area is 300 Å². The van der Waals surface area contributed by atoms with E-state index in [0.717, 1.165) is 6.08 Å². The van der Waals surface area contributed by atoms with Gasteiger partial charge in [0.15, 0.2) is 6.10 Å². The molecule has 1 aliphatic heterocycles. The number of halogens is 1. The van der Waals surface area contributed by atoms with Crippen molar-refractivity contribution in [3.63, 3.8) is 0 Å². The predicted molar refractivity (Wildman–Crippen MR) is 190 cm³/mol. The van der Waals surface area contributed by atoms with Crippen LogP contribution in [0.3, 0.4) is 0 Å². The van der Waals surface area contributed by atoms with Gasteiger partial charge in [0, 0.05) is 58.2 Å². The minimum atomic E-state index is -1.43. The van der Waals surface area contributed by atoms with Crippen molar-refractivity contribution in [1.29, 1.82) is 1.34 Å². The Bertz CT molecular complexity index is 1470. The average Bonchev–Trinajstić information content (AvgIpc) is 3.08. The first kappa shape index (κ1) is 41.1. The van der Waals surface area contributed by atoms with Gasteiger partial charge in [0.25, 0.3) is 13.3 Å². The molecule has 0 saturated heterocycles. The van der Waals surface area contributed by atoms with Crippen LogP contribution in [-0.2, 0) is 33.3 Å². The second kappa shape index (κ2) is 21.1. The lowest BCUT2D eigenvalue weighted by molar-refractivity contribution is -0.120.